The molecule has 1 N–H and O–H groups in total. The van der Waals surface area contributed by atoms with Gasteiger partial charge in [0.2, 0.25) is 5.56 Å². The van der Waals surface area contributed by atoms with Crippen LogP contribution < -0.4 is 5.56 Å². The lowest BCUT2D eigenvalue weighted by Gasteiger charge is -2.03. The van der Waals surface area contributed by atoms with Crippen LogP contribution in [0.2, 0.25) is 0 Å². The molecule has 1 aromatic heterocycles. The third kappa shape index (κ3) is 2.60. The van der Waals surface area contributed by atoms with Crippen molar-refractivity contribution in [3.8, 4) is 0 Å². The molecule has 92 valence electrons. The van der Waals surface area contributed by atoms with E-state index in [0.29, 0.717) is 5.56 Å². The van der Waals surface area contributed by atoms with E-state index in [0.717, 1.165) is 11.6 Å². The number of non-ortho nitro benzene ring substituents is 1. The molecule has 0 amide bonds. The first-order chi connectivity index (χ1) is 8.56. The molecule has 0 radical (unpaired) electrons. The lowest BCUT2D eigenvalue weighted by atomic mass is 10.1. The van der Waals surface area contributed by atoms with E-state index in [-0.39, 0.29) is 17.7 Å². The number of aromatic amines is 1. The van der Waals surface area contributed by atoms with E-state index in [2.05, 4.69) is 4.98 Å². The summed E-state index contributed by atoms with van der Waals surface area (Å²) in [4.78, 5) is 23.2. The molecule has 0 atom stereocenters. The van der Waals surface area contributed by atoms with Gasteiger partial charge in [-0.05, 0) is 17.2 Å². The Morgan fingerprint density at radius 1 is 1.28 bits per heavy atom. The van der Waals surface area contributed by atoms with Gasteiger partial charge in [0.1, 0.15) is 5.82 Å². The molecule has 5 nitrogen and oxygen atoms in total. The molecule has 0 unspecified atom stereocenters. The maximum Gasteiger partial charge on any atom is 0.272 e. The van der Waals surface area contributed by atoms with Crippen molar-refractivity contribution >= 4 is 5.69 Å². The van der Waals surface area contributed by atoms with Crippen LogP contribution in [0, 0.1) is 15.9 Å². The number of halogens is 1. The van der Waals surface area contributed by atoms with Crippen LogP contribution in [0.3, 0.4) is 0 Å². The second kappa shape index (κ2) is 4.79. The van der Waals surface area contributed by atoms with Gasteiger partial charge in [0.15, 0.2) is 0 Å². The van der Waals surface area contributed by atoms with Gasteiger partial charge in [-0.3, -0.25) is 14.9 Å². The maximum atomic E-state index is 13.6. The molecular formula is C12H9FN2O3. The molecule has 0 saturated carbocycles. The van der Waals surface area contributed by atoms with Crippen LogP contribution in [0.15, 0.2) is 41.3 Å². The molecule has 0 saturated heterocycles. The number of aromatic nitrogens is 1. The van der Waals surface area contributed by atoms with Crippen molar-refractivity contribution in [1.29, 1.82) is 0 Å². The largest absolute Gasteiger partial charge is 0.329 e. The summed E-state index contributed by atoms with van der Waals surface area (Å²) in [5.41, 5.74) is 0.552. The summed E-state index contributed by atoms with van der Waals surface area (Å²) in [5, 5.41) is 10.5. The van der Waals surface area contributed by atoms with Crippen LogP contribution in [-0.4, -0.2) is 9.91 Å². The quantitative estimate of drug-likeness (QED) is 0.666. The van der Waals surface area contributed by atoms with E-state index >= 15 is 0 Å². The Balaban J connectivity index is 2.27. The van der Waals surface area contributed by atoms with Crippen LogP contribution in [-0.2, 0) is 6.42 Å². The number of nitro groups is 1. The minimum absolute atomic E-state index is 0.233. The van der Waals surface area contributed by atoms with Crippen LogP contribution in [0.25, 0.3) is 0 Å². The normalized spacial score (nSPS) is 10.3. The van der Waals surface area contributed by atoms with Gasteiger partial charge in [0.05, 0.1) is 11.0 Å². The van der Waals surface area contributed by atoms with Crippen molar-refractivity contribution in [2.24, 2.45) is 0 Å². The Hall–Kier alpha value is -2.50. The number of H-pyrrole nitrogens is 1. The highest BCUT2D eigenvalue weighted by Gasteiger charge is 2.10. The predicted molar refractivity (Wildman–Crippen MR) is 62.9 cm³/mol. The number of nitrogens with zero attached hydrogens (tertiary/aromatic N) is 1. The third-order valence-corrected chi connectivity index (χ3v) is 2.49. The number of nitro benzene ring substituents is 1. The molecule has 0 fully saturated rings. The van der Waals surface area contributed by atoms with Crippen molar-refractivity contribution in [1.82, 2.24) is 4.98 Å². The average molecular weight is 248 g/mol. The Bertz CT molecular complexity index is 632. The fourth-order valence-electron chi connectivity index (χ4n) is 1.57. The van der Waals surface area contributed by atoms with Crippen LogP contribution in [0.1, 0.15) is 11.1 Å². The Morgan fingerprint density at radius 2 is 2.06 bits per heavy atom. The SMILES string of the molecule is O=c1ccc(Cc2ccc([N+](=O)[O-])cc2F)c[nH]1. The molecule has 0 aliphatic carbocycles. The lowest BCUT2D eigenvalue weighted by molar-refractivity contribution is -0.385. The summed E-state index contributed by atoms with van der Waals surface area (Å²) in [5.74, 6) is -0.629. The molecule has 1 heterocycles. The van der Waals surface area contributed by atoms with Crippen LogP contribution >= 0.6 is 0 Å². The molecule has 0 aliphatic rings. The molecule has 0 bridgehead atoms. The van der Waals surface area contributed by atoms with Crippen molar-refractivity contribution in [3.63, 3.8) is 0 Å². The summed E-state index contributed by atoms with van der Waals surface area (Å²) in [6, 6.07) is 6.45. The minimum Gasteiger partial charge on any atom is -0.329 e. The van der Waals surface area contributed by atoms with E-state index < -0.39 is 10.7 Å². The zero-order valence-corrected chi connectivity index (χ0v) is 9.22. The van der Waals surface area contributed by atoms with Crippen molar-refractivity contribution < 1.29 is 9.31 Å². The molecule has 2 rings (SSSR count). The summed E-state index contributed by atoms with van der Waals surface area (Å²) in [7, 11) is 0. The average Bonchev–Trinajstić information content (AvgIpc) is 2.34. The minimum atomic E-state index is -0.646. The Morgan fingerprint density at radius 3 is 2.61 bits per heavy atom. The molecule has 0 spiro atoms. The number of nitrogens with one attached hydrogen (secondary N) is 1. The van der Waals surface area contributed by atoms with Gasteiger partial charge in [0, 0.05) is 24.8 Å². The highest BCUT2D eigenvalue weighted by Crippen LogP contribution is 2.18. The van der Waals surface area contributed by atoms with Crippen molar-refractivity contribution in [2.45, 2.75) is 6.42 Å². The Kier molecular flexibility index (Phi) is 3.18. The number of benzene rings is 1. The topological polar surface area (TPSA) is 76.0 Å². The standard InChI is InChI=1S/C12H9FN2O3/c13-11-6-10(15(17)18)3-2-9(11)5-8-1-4-12(16)14-7-8/h1-4,6-7H,5H2,(H,14,16). The van der Waals surface area contributed by atoms with E-state index in [4.69, 9.17) is 0 Å². The third-order valence-electron chi connectivity index (χ3n) is 2.49. The highest BCUT2D eigenvalue weighted by molar-refractivity contribution is 5.36. The first-order valence-corrected chi connectivity index (χ1v) is 5.17. The zero-order valence-electron chi connectivity index (χ0n) is 9.22. The first-order valence-electron chi connectivity index (χ1n) is 5.17. The summed E-state index contributed by atoms with van der Waals surface area (Å²) < 4.78 is 13.6. The van der Waals surface area contributed by atoms with Gasteiger partial charge < -0.3 is 4.98 Å². The Labute approximate surface area is 101 Å². The van der Waals surface area contributed by atoms with E-state index in [9.17, 15) is 19.3 Å². The van der Waals surface area contributed by atoms with Gasteiger partial charge in [-0.15, -0.1) is 0 Å². The summed E-state index contributed by atoms with van der Waals surface area (Å²) >= 11 is 0. The van der Waals surface area contributed by atoms with E-state index in [1.807, 2.05) is 0 Å². The summed E-state index contributed by atoms with van der Waals surface area (Å²) in [6.07, 6.45) is 1.75. The van der Waals surface area contributed by atoms with Crippen LogP contribution in [0.5, 0.6) is 0 Å². The van der Waals surface area contributed by atoms with Crippen LogP contribution in [0.4, 0.5) is 10.1 Å². The van der Waals surface area contributed by atoms with E-state index in [1.54, 1.807) is 6.07 Å². The second-order valence-electron chi connectivity index (χ2n) is 3.77. The number of pyridine rings is 1. The molecular weight excluding hydrogens is 239 g/mol. The fourth-order valence-corrected chi connectivity index (χ4v) is 1.57. The smallest absolute Gasteiger partial charge is 0.272 e. The van der Waals surface area contributed by atoms with Gasteiger partial charge in [-0.2, -0.15) is 0 Å². The van der Waals surface area contributed by atoms with E-state index in [1.165, 1.54) is 24.4 Å². The molecule has 6 heteroatoms. The van der Waals surface area contributed by atoms with Crippen molar-refractivity contribution in [2.75, 3.05) is 0 Å². The molecule has 2 aromatic rings. The summed E-state index contributed by atoms with van der Waals surface area (Å²) in [6.45, 7) is 0. The fraction of sp³-hybridized carbons (Fsp3) is 0.0833. The number of hydrogen-bond donors (Lipinski definition) is 1. The number of rotatable bonds is 3. The molecule has 18 heavy (non-hydrogen) atoms. The highest BCUT2D eigenvalue weighted by atomic mass is 19.1. The van der Waals surface area contributed by atoms with Gasteiger partial charge in [-0.25, -0.2) is 4.39 Å². The monoisotopic (exact) mass is 248 g/mol. The predicted octanol–water partition coefficient (Wildman–Crippen LogP) is 2.01. The maximum absolute atomic E-state index is 13.6. The van der Waals surface area contributed by atoms with Gasteiger partial charge >= 0.3 is 0 Å². The lowest BCUT2D eigenvalue weighted by Crippen LogP contribution is -2.03. The molecule has 1 aromatic carbocycles. The molecule has 0 aliphatic heterocycles. The number of hydrogen-bond acceptors (Lipinski definition) is 3. The first kappa shape index (κ1) is 12.0. The zero-order chi connectivity index (χ0) is 13.1. The van der Waals surface area contributed by atoms with Crippen molar-refractivity contribution in [3.05, 3.63) is 73.9 Å². The van der Waals surface area contributed by atoms with Gasteiger partial charge in [-0.1, -0.05) is 6.07 Å². The second-order valence-corrected chi connectivity index (χ2v) is 3.77. The van der Waals surface area contributed by atoms with Gasteiger partial charge in [0.25, 0.3) is 5.69 Å².